The molecule has 2 aromatic rings. The molecule has 1 N–H and O–H groups in total. The van der Waals surface area contributed by atoms with Crippen molar-refractivity contribution in [2.75, 3.05) is 32.0 Å². The summed E-state index contributed by atoms with van der Waals surface area (Å²) in [6.07, 6.45) is -4.57. The van der Waals surface area contributed by atoms with Crippen LogP contribution in [-0.4, -0.2) is 48.3 Å². The maximum Gasteiger partial charge on any atom is 0.416 e. The summed E-state index contributed by atoms with van der Waals surface area (Å²) in [5, 5.41) is 2.50. The lowest BCUT2D eigenvalue weighted by Crippen LogP contribution is -2.48. The van der Waals surface area contributed by atoms with E-state index in [1.807, 2.05) is 0 Å². The van der Waals surface area contributed by atoms with Gasteiger partial charge in [0.25, 0.3) is 5.91 Å². The quantitative estimate of drug-likeness (QED) is 0.871. The number of nitrogens with one attached hydrogen (secondary N) is 1. The van der Waals surface area contributed by atoms with E-state index in [0.29, 0.717) is 18.7 Å². The van der Waals surface area contributed by atoms with Gasteiger partial charge in [-0.15, -0.1) is 0 Å². The van der Waals surface area contributed by atoms with E-state index < -0.39 is 17.6 Å². The molecule has 1 fully saturated rings. The van der Waals surface area contributed by atoms with E-state index in [-0.39, 0.29) is 30.2 Å². The average Bonchev–Trinajstić information content (AvgIpc) is 2.66. The maximum absolute atomic E-state index is 13.6. The van der Waals surface area contributed by atoms with Gasteiger partial charge in [0.15, 0.2) is 0 Å². The Kier molecular flexibility index (Phi) is 5.69. The van der Waals surface area contributed by atoms with Gasteiger partial charge in [-0.3, -0.25) is 14.5 Å². The number of halogens is 3. The Morgan fingerprint density at radius 1 is 1.11 bits per heavy atom. The number of rotatable bonds is 4. The number of alkyl halides is 3. The van der Waals surface area contributed by atoms with Gasteiger partial charge in [0.05, 0.1) is 12.1 Å². The number of carbonyl (C=O) groups is 2. The Balaban J connectivity index is 1.80. The lowest BCUT2D eigenvalue weighted by molar-refractivity contribution is -0.138. The second-order valence-electron chi connectivity index (χ2n) is 6.72. The number of anilines is 1. The van der Waals surface area contributed by atoms with Crippen LogP contribution in [0, 0.1) is 0 Å². The summed E-state index contributed by atoms with van der Waals surface area (Å²) in [5.41, 5.74) is -0.317. The normalized spacial score (nSPS) is 15.6. The highest BCUT2D eigenvalue weighted by Crippen LogP contribution is 2.34. The number of amides is 2. The highest BCUT2D eigenvalue weighted by molar-refractivity contribution is 6.04. The average molecular weight is 391 g/mol. The van der Waals surface area contributed by atoms with Gasteiger partial charge in [0, 0.05) is 37.9 Å². The van der Waals surface area contributed by atoms with Crippen molar-refractivity contribution in [1.82, 2.24) is 9.80 Å². The van der Waals surface area contributed by atoms with Crippen LogP contribution in [0.1, 0.15) is 21.5 Å². The van der Waals surface area contributed by atoms with Gasteiger partial charge in [-0.25, -0.2) is 0 Å². The number of hydrogen-bond donors (Lipinski definition) is 1. The van der Waals surface area contributed by atoms with Gasteiger partial charge in [0.1, 0.15) is 0 Å². The first-order valence-corrected chi connectivity index (χ1v) is 8.77. The molecule has 0 bridgehead atoms. The van der Waals surface area contributed by atoms with Crippen LogP contribution in [-0.2, 0) is 17.5 Å². The summed E-state index contributed by atoms with van der Waals surface area (Å²) >= 11 is 0. The zero-order valence-electron chi connectivity index (χ0n) is 15.3. The van der Waals surface area contributed by atoms with Gasteiger partial charge < -0.3 is 10.2 Å². The molecule has 3 rings (SSSR count). The summed E-state index contributed by atoms with van der Waals surface area (Å²) in [6.45, 7) is 1.08. The Morgan fingerprint density at radius 2 is 1.82 bits per heavy atom. The van der Waals surface area contributed by atoms with Gasteiger partial charge in [-0.1, -0.05) is 24.3 Å². The number of benzene rings is 2. The summed E-state index contributed by atoms with van der Waals surface area (Å²) in [6, 6.07) is 12.0. The smallest absolute Gasteiger partial charge is 0.343 e. The molecule has 0 unspecified atom stereocenters. The van der Waals surface area contributed by atoms with Crippen molar-refractivity contribution >= 4 is 17.5 Å². The minimum Gasteiger partial charge on any atom is -0.343 e. The van der Waals surface area contributed by atoms with Crippen LogP contribution in [0.15, 0.2) is 48.5 Å². The van der Waals surface area contributed by atoms with E-state index in [0.717, 1.165) is 6.07 Å². The van der Waals surface area contributed by atoms with Gasteiger partial charge in [-0.05, 0) is 29.8 Å². The molecule has 0 aromatic heterocycles. The number of likely N-dealkylation sites (N-methyl/N-ethyl adjacent to an activating group) is 1. The van der Waals surface area contributed by atoms with Crippen molar-refractivity contribution in [2.24, 2.45) is 0 Å². The van der Waals surface area contributed by atoms with Gasteiger partial charge >= 0.3 is 6.18 Å². The fourth-order valence-electron chi connectivity index (χ4n) is 3.03. The van der Waals surface area contributed by atoms with Gasteiger partial charge in [0.2, 0.25) is 5.91 Å². The lowest BCUT2D eigenvalue weighted by Gasteiger charge is -2.32. The highest BCUT2D eigenvalue weighted by atomic mass is 19.4. The molecule has 28 heavy (non-hydrogen) atoms. The highest BCUT2D eigenvalue weighted by Gasteiger charge is 2.34. The molecule has 1 heterocycles. The number of carbonyl (C=O) groups excluding carboxylic acids is 2. The SMILES string of the molecule is CN1CCN(Cc2ccc(NC(=O)c3ccccc3)cc2C(F)(F)F)CC1=O. The van der Waals surface area contributed by atoms with Crippen molar-refractivity contribution in [3.63, 3.8) is 0 Å². The summed E-state index contributed by atoms with van der Waals surface area (Å²) in [4.78, 5) is 27.3. The van der Waals surface area contributed by atoms with E-state index in [9.17, 15) is 22.8 Å². The Morgan fingerprint density at radius 3 is 2.46 bits per heavy atom. The molecule has 0 radical (unpaired) electrons. The van der Waals surface area contributed by atoms with Crippen molar-refractivity contribution in [3.05, 3.63) is 65.2 Å². The number of nitrogens with zero attached hydrogens (tertiary/aromatic N) is 2. The van der Waals surface area contributed by atoms with Crippen molar-refractivity contribution < 1.29 is 22.8 Å². The summed E-state index contributed by atoms with van der Waals surface area (Å²) in [5.74, 6) is -0.599. The summed E-state index contributed by atoms with van der Waals surface area (Å²) < 4.78 is 40.7. The molecule has 1 saturated heterocycles. The van der Waals surface area contributed by atoms with E-state index >= 15 is 0 Å². The Labute approximate surface area is 160 Å². The largest absolute Gasteiger partial charge is 0.416 e. The molecule has 2 aromatic carbocycles. The zero-order chi connectivity index (χ0) is 20.3. The zero-order valence-corrected chi connectivity index (χ0v) is 15.3. The third-order valence-electron chi connectivity index (χ3n) is 4.64. The standard InChI is InChI=1S/C20H20F3N3O2/c1-25-9-10-26(13-18(25)27)12-15-7-8-16(11-17(15)20(21,22)23)24-19(28)14-5-3-2-4-6-14/h2-8,11H,9-10,12-13H2,1H3,(H,24,28). The number of hydrogen-bond acceptors (Lipinski definition) is 3. The van der Waals surface area contributed by atoms with Crippen LogP contribution in [0.3, 0.4) is 0 Å². The molecule has 148 valence electrons. The Bertz CT molecular complexity index is 869. The second-order valence-corrected chi connectivity index (χ2v) is 6.72. The first-order chi connectivity index (χ1) is 13.2. The fourth-order valence-corrected chi connectivity index (χ4v) is 3.03. The molecule has 2 amide bonds. The Hall–Kier alpha value is -2.87. The van der Waals surface area contributed by atoms with Crippen molar-refractivity contribution in [3.8, 4) is 0 Å². The van der Waals surface area contributed by atoms with E-state index in [1.165, 1.54) is 12.1 Å². The third-order valence-corrected chi connectivity index (χ3v) is 4.64. The molecule has 0 aliphatic carbocycles. The lowest BCUT2D eigenvalue weighted by atomic mass is 10.0. The van der Waals surface area contributed by atoms with Crippen LogP contribution in [0.4, 0.5) is 18.9 Å². The minimum atomic E-state index is -4.57. The minimum absolute atomic E-state index is 0.0152. The van der Waals surface area contributed by atoms with Crippen LogP contribution >= 0.6 is 0 Å². The monoisotopic (exact) mass is 391 g/mol. The molecule has 5 nitrogen and oxygen atoms in total. The first kappa shape index (κ1) is 19.9. The van der Waals surface area contributed by atoms with Gasteiger partial charge in [-0.2, -0.15) is 13.2 Å². The molecule has 0 saturated carbocycles. The molecule has 1 aliphatic rings. The van der Waals surface area contributed by atoms with Crippen LogP contribution in [0.25, 0.3) is 0 Å². The first-order valence-electron chi connectivity index (χ1n) is 8.77. The fraction of sp³-hybridized carbons (Fsp3) is 0.300. The molecule has 8 heteroatoms. The number of piperazine rings is 1. The molecular weight excluding hydrogens is 371 g/mol. The maximum atomic E-state index is 13.6. The second kappa shape index (κ2) is 8.02. The predicted octanol–water partition coefficient (Wildman–Crippen LogP) is 3.23. The van der Waals surface area contributed by atoms with Crippen LogP contribution < -0.4 is 5.32 Å². The van der Waals surface area contributed by atoms with E-state index in [4.69, 9.17) is 0 Å². The van der Waals surface area contributed by atoms with E-state index in [2.05, 4.69) is 5.32 Å². The molecular formula is C20H20F3N3O2. The molecule has 0 atom stereocenters. The summed E-state index contributed by atoms with van der Waals surface area (Å²) in [7, 11) is 1.67. The molecule has 1 aliphatic heterocycles. The predicted molar refractivity (Wildman–Crippen MR) is 98.8 cm³/mol. The van der Waals surface area contributed by atoms with Crippen LogP contribution in [0.5, 0.6) is 0 Å². The third kappa shape index (κ3) is 4.69. The van der Waals surface area contributed by atoms with Crippen molar-refractivity contribution in [2.45, 2.75) is 12.7 Å². The van der Waals surface area contributed by atoms with E-state index in [1.54, 1.807) is 47.2 Å². The topological polar surface area (TPSA) is 52.6 Å². The molecule has 0 spiro atoms. The van der Waals surface area contributed by atoms with Crippen molar-refractivity contribution in [1.29, 1.82) is 0 Å². The van der Waals surface area contributed by atoms with Crippen LogP contribution in [0.2, 0.25) is 0 Å².